The van der Waals surface area contributed by atoms with Crippen LogP contribution in [0.4, 0.5) is 17.2 Å². The first-order valence-electron chi connectivity index (χ1n) is 11.5. The van der Waals surface area contributed by atoms with E-state index >= 15 is 0 Å². The maximum absolute atomic E-state index is 13.4. The summed E-state index contributed by atoms with van der Waals surface area (Å²) >= 11 is 0. The molecular weight excluding hydrogens is 466 g/mol. The lowest BCUT2D eigenvalue weighted by Crippen LogP contribution is -2.42. The number of nitrogens with one attached hydrogen (secondary N) is 1. The SMILES string of the molecule is CN(C(=O)[C@@H]1CC(=O)N(c2ccc3c(c2)OCCO3)C1)c1c(N)n(Cc2ccccc2)c(=O)[nH]c1=O. The van der Waals surface area contributed by atoms with E-state index in [4.69, 9.17) is 15.2 Å². The predicted molar refractivity (Wildman–Crippen MR) is 133 cm³/mol. The van der Waals surface area contributed by atoms with Crippen LogP contribution in [-0.2, 0) is 16.1 Å². The summed E-state index contributed by atoms with van der Waals surface area (Å²) in [7, 11) is 1.41. The molecule has 3 aromatic rings. The third kappa shape index (κ3) is 4.19. The molecule has 36 heavy (non-hydrogen) atoms. The zero-order valence-corrected chi connectivity index (χ0v) is 19.6. The van der Waals surface area contributed by atoms with Crippen LogP contribution in [-0.4, -0.2) is 48.2 Å². The molecule has 11 heteroatoms. The molecule has 5 rings (SSSR count). The predicted octanol–water partition coefficient (Wildman–Crippen LogP) is 0.954. The van der Waals surface area contributed by atoms with E-state index in [1.54, 1.807) is 18.2 Å². The molecule has 2 aliphatic heterocycles. The zero-order valence-electron chi connectivity index (χ0n) is 19.6. The van der Waals surface area contributed by atoms with Gasteiger partial charge in [-0.1, -0.05) is 30.3 Å². The van der Waals surface area contributed by atoms with Crippen LogP contribution in [0.1, 0.15) is 12.0 Å². The summed E-state index contributed by atoms with van der Waals surface area (Å²) in [5, 5.41) is 0. The first-order valence-corrected chi connectivity index (χ1v) is 11.5. The summed E-state index contributed by atoms with van der Waals surface area (Å²) in [6, 6.07) is 14.3. The minimum atomic E-state index is -0.773. The van der Waals surface area contributed by atoms with Crippen LogP contribution in [0.5, 0.6) is 11.5 Å². The molecule has 0 aliphatic carbocycles. The fourth-order valence-electron chi connectivity index (χ4n) is 4.53. The maximum atomic E-state index is 13.4. The van der Waals surface area contributed by atoms with Crippen LogP contribution < -0.4 is 36.3 Å². The number of nitrogens with two attached hydrogens (primary N) is 1. The van der Waals surface area contributed by atoms with E-state index in [2.05, 4.69) is 4.98 Å². The van der Waals surface area contributed by atoms with Crippen molar-refractivity contribution in [3.63, 3.8) is 0 Å². The fourth-order valence-corrected chi connectivity index (χ4v) is 4.53. The zero-order chi connectivity index (χ0) is 25.4. The van der Waals surface area contributed by atoms with Gasteiger partial charge < -0.3 is 25.0 Å². The Kier molecular flexibility index (Phi) is 5.96. The van der Waals surface area contributed by atoms with Gasteiger partial charge in [0.1, 0.15) is 19.0 Å². The van der Waals surface area contributed by atoms with E-state index in [0.29, 0.717) is 30.4 Å². The molecule has 11 nitrogen and oxygen atoms in total. The van der Waals surface area contributed by atoms with Crippen molar-refractivity contribution in [1.29, 1.82) is 0 Å². The van der Waals surface area contributed by atoms with Gasteiger partial charge in [-0.3, -0.25) is 23.9 Å². The van der Waals surface area contributed by atoms with E-state index in [9.17, 15) is 19.2 Å². The Morgan fingerprint density at radius 1 is 1.08 bits per heavy atom. The molecule has 1 fully saturated rings. The summed E-state index contributed by atoms with van der Waals surface area (Å²) in [6.45, 7) is 1.12. The van der Waals surface area contributed by atoms with Gasteiger partial charge in [0.05, 0.1) is 12.5 Å². The average molecular weight is 492 g/mol. The molecule has 1 atom stereocenters. The largest absolute Gasteiger partial charge is 0.486 e. The van der Waals surface area contributed by atoms with E-state index in [1.807, 2.05) is 30.3 Å². The summed E-state index contributed by atoms with van der Waals surface area (Å²) in [6.07, 6.45) is -0.0287. The lowest BCUT2D eigenvalue weighted by molar-refractivity contribution is -0.124. The number of amides is 2. The van der Waals surface area contributed by atoms with Crippen molar-refractivity contribution < 1.29 is 19.1 Å². The Bertz CT molecular complexity index is 1450. The quantitative estimate of drug-likeness (QED) is 0.542. The second-order valence-corrected chi connectivity index (χ2v) is 8.70. The molecule has 0 radical (unpaired) electrons. The van der Waals surface area contributed by atoms with Gasteiger partial charge in [0, 0.05) is 31.8 Å². The number of fused-ring (bicyclic) bond motifs is 1. The summed E-state index contributed by atoms with van der Waals surface area (Å²) in [5.74, 6) is -0.372. The van der Waals surface area contributed by atoms with Gasteiger partial charge in [0.15, 0.2) is 17.2 Å². The minimum Gasteiger partial charge on any atom is -0.486 e. The smallest absolute Gasteiger partial charge is 0.330 e. The second-order valence-electron chi connectivity index (χ2n) is 8.70. The van der Waals surface area contributed by atoms with Crippen LogP contribution in [0.2, 0.25) is 0 Å². The topological polar surface area (TPSA) is 140 Å². The molecule has 0 spiro atoms. The third-order valence-electron chi connectivity index (χ3n) is 6.38. The molecule has 2 amide bonds. The molecule has 1 aromatic heterocycles. The Balaban J connectivity index is 1.39. The Hall–Kier alpha value is -4.54. The summed E-state index contributed by atoms with van der Waals surface area (Å²) in [5.41, 5.74) is 6.04. The molecule has 0 bridgehead atoms. The number of aromatic amines is 1. The number of benzene rings is 2. The van der Waals surface area contributed by atoms with Gasteiger partial charge in [-0.15, -0.1) is 0 Å². The Morgan fingerprint density at radius 2 is 1.81 bits per heavy atom. The number of anilines is 3. The molecule has 3 heterocycles. The number of carbonyl (C=O) groups excluding carboxylic acids is 2. The number of H-pyrrole nitrogens is 1. The number of nitrogens with zero attached hydrogens (tertiary/aromatic N) is 3. The van der Waals surface area contributed by atoms with E-state index in [0.717, 1.165) is 10.5 Å². The Morgan fingerprint density at radius 3 is 2.56 bits per heavy atom. The fraction of sp³-hybridized carbons (Fsp3) is 0.280. The number of hydrogen-bond acceptors (Lipinski definition) is 7. The van der Waals surface area contributed by atoms with Crippen molar-refractivity contribution in [2.75, 3.05) is 42.3 Å². The monoisotopic (exact) mass is 491 g/mol. The van der Waals surface area contributed by atoms with Crippen LogP contribution in [0.3, 0.4) is 0 Å². The molecule has 2 aliphatic rings. The van der Waals surface area contributed by atoms with Crippen LogP contribution in [0, 0.1) is 5.92 Å². The molecule has 0 unspecified atom stereocenters. The van der Waals surface area contributed by atoms with Gasteiger partial charge in [0.25, 0.3) is 5.56 Å². The van der Waals surface area contributed by atoms with E-state index < -0.39 is 23.1 Å². The number of aromatic nitrogens is 2. The molecule has 186 valence electrons. The Labute approximate surface area is 205 Å². The van der Waals surface area contributed by atoms with Gasteiger partial charge in [0.2, 0.25) is 11.8 Å². The number of ether oxygens (including phenoxy) is 2. The highest BCUT2D eigenvalue weighted by Gasteiger charge is 2.38. The minimum absolute atomic E-state index is 0.0287. The molecule has 0 saturated carbocycles. The van der Waals surface area contributed by atoms with Crippen molar-refractivity contribution >= 4 is 29.0 Å². The lowest BCUT2D eigenvalue weighted by atomic mass is 10.1. The molecule has 1 saturated heterocycles. The van der Waals surface area contributed by atoms with Crippen molar-refractivity contribution in [2.45, 2.75) is 13.0 Å². The highest BCUT2D eigenvalue weighted by Crippen LogP contribution is 2.36. The molecular formula is C25H25N5O6. The number of carbonyl (C=O) groups is 2. The number of hydrogen-bond donors (Lipinski definition) is 2. The highest BCUT2D eigenvalue weighted by atomic mass is 16.6. The summed E-state index contributed by atoms with van der Waals surface area (Å²) < 4.78 is 12.3. The van der Waals surface area contributed by atoms with Crippen molar-refractivity contribution in [2.24, 2.45) is 5.92 Å². The van der Waals surface area contributed by atoms with Crippen molar-refractivity contribution in [3.05, 3.63) is 74.9 Å². The molecule has 3 N–H and O–H groups in total. The average Bonchev–Trinajstić information content (AvgIpc) is 3.27. The first kappa shape index (κ1) is 23.2. The van der Waals surface area contributed by atoms with Crippen LogP contribution in [0.25, 0.3) is 0 Å². The van der Waals surface area contributed by atoms with Crippen molar-refractivity contribution in [1.82, 2.24) is 9.55 Å². The second kappa shape index (κ2) is 9.25. The number of rotatable bonds is 5. The molecule has 2 aromatic carbocycles. The lowest BCUT2D eigenvalue weighted by Gasteiger charge is -2.24. The van der Waals surface area contributed by atoms with Crippen LogP contribution >= 0.6 is 0 Å². The van der Waals surface area contributed by atoms with Crippen molar-refractivity contribution in [3.8, 4) is 11.5 Å². The van der Waals surface area contributed by atoms with E-state index in [1.165, 1.54) is 16.5 Å². The van der Waals surface area contributed by atoms with E-state index in [-0.39, 0.29) is 36.9 Å². The third-order valence-corrected chi connectivity index (χ3v) is 6.38. The maximum Gasteiger partial charge on any atom is 0.330 e. The first-order chi connectivity index (χ1) is 17.3. The van der Waals surface area contributed by atoms with Gasteiger partial charge >= 0.3 is 5.69 Å². The van der Waals surface area contributed by atoms with Gasteiger partial charge in [-0.05, 0) is 17.7 Å². The summed E-state index contributed by atoms with van der Waals surface area (Å²) in [4.78, 5) is 56.2. The van der Waals surface area contributed by atoms with Gasteiger partial charge in [-0.25, -0.2) is 4.79 Å². The highest BCUT2D eigenvalue weighted by molar-refractivity contribution is 6.05. The van der Waals surface area contributed by atoms with Gasteiger partial charge in [-0.2, -0.15) is 0 Å². The normalized spacial score (nSPS) is 16.8. The number of nitrogen functional groups attached to an aromatic ring is 1. The standard InChI is InChI=1S/C25H25N5O6/c1-28(21-22(26)30(25(34)27-23(21)32)13-15-5-3-2-4-6-15)24(33)16-11-20(31)29(14-16)17-7-8-18-19(12-17)36-10-9-35-18/h2-8,12,16H,9-11,13-14,26H2,1H3,(H,27,32,34)/t16-/m1/s1. The van der Waals surface area contributed by atoms with Crippen LogP contribution in [0.15, 0.2) is 58.1 Å².